The zero-order valence-electron chi connectivity index (χ0n) is 15.8. The molecule has 1 aromatic heterocycles. The number of benzene rings is 1. The van der Waals surface area contributed by atoms with E-state index in [1.54, 1.807) is 12.1 Å². The van der Waals surface area contributed by atoms with Crippen LogP contribution in [0.5, 0.6) is 0 Å². The van der Waals surface area contributed by atoms with Crippen LogP contribution in [0.15, 0.2) is 24.3 Å². The van der Waals surface area contributed by atoms with Crippen molar-refractivity contribution in [3.8, 4) is 0 Å². The average molecular weight is 389 g/mol. The number of fused-ring (bicyclic) bond motifs is 1. The first-order valence-corrected chi connectivity index (χ1v) is 10.4. The Labute approximate surface area is 163 Å². The molecule has 6 heteroatoms. The monoisotopic (exact) mass is 388 g/mol. The van der Waals surface area contributed by atoms with Gasteiger partial charge in [-0.3, -0.25) is 9.59 Å². The first-order chi connectivity index (χ1) is 13.1. The second-order valence-electron chi connectivity index (χ2n) is 6.79. The zero-order valence-corrected chi connectivity index (χ0v) is 16.6. The lowest BCUT2D eigenvalue weighted by Gasteiger charge is -2.22. The topological polar surface area (TPSA) is 49.4 Å². The predicted molar refractivity (Wildman–Crippen MR) is 107 cm³/mol. The minimum Gasteiger partial charge on any atom is -0.339 e. The van der Waals surface area contributed by atoms with Gasteiger partial charge in [-0.05, 0) is 49.8 Å². The first-order valence-electron chi connectivity index (χ1n) is 9.56. The van der Waals surface area contributed by atoms with Gasteiger partial charge in [0.15, 0.2) is 0 Å². The fraction of sp³-hybridized carbons (Fsp3) is 0.429. The molecule has 0 spiro atoms. The number of hydrogen-bond donors (Lipinski definition) is 1. The highest BCUT2D eigenvalue weighted by Gasteiger charge is 2.30. The Balaban J connectivity index is 1.93. The molecular formula is C21H25FN2O2S. The van der Waals surface area contributed by atoms with Crippen LogP contribution in [0.2, 0.25) is 0 Å². The first kappa shape index (κ1) is 19.5. The summed E-state index contributed by atoms with van der Waals surface area (Å²) in [6.07, 6.45) is 4.58. The lowest BCUT2D eigenvalue weighted by molar-refractivity contribution is 0.0756. The third-order valence-electron chi connectivity index (χ3n) is 4.75. The van der Waals surface area contributed by atoms with Crippen LogP contribution in [0.4, 0.5) is 9.39 Å². The molecule has 0 fully saturated rings. The minimum absolute atomic E-state index is 0.0107. The van der Waals surface area contributed by atoms with Crippen molar-refractivity contribution in [2.45, 2.75) is 46.0 Å². The molecule has 1 aromatic carbocycles. The number of aryl methyl sites for hydroxylation is 1. The number of hydrogen-bond acceptors (Lipinski definition) is 3. The molecule has 2 aromatic rings. The normalized spacial score (nSPS) is 12.7. The Morgan fingerprint density at radius 3 is 2.52 bits per heavy atom. The summed E-state index contributed by atoms with van der Waals surface area (Å²) in [5, 5.41) is 3.36. The summed E-state index contributed by atoms with van der Waals surface area (Å²) < 4.78 is 14.0. The number of anilines is 1. The Kier molecular flexibility index (Phi) is 6.26. The molecule has 27 heavy (non-hydrogen) atoms. The molecular weight excluding hydrogens is 363 g/mol. The summed E-state index contributed by atoms with van der Waals surface area (Å²) in [6, 6.07) is 5.89. The van der Waals surface area contributed by atoms with Gasteiger partial charge in [-0.1, -0.05) is 26.0 Å². The van der Waals surface area contributed by atoms with Gasteiger partial charge in [0, 0.05) is 18.0 Å². The Bertz CT molecular complexity index is 841. The van der Waals surface area contributed by atoms with Crippen molar-refractivity contribution in [1.82, 2.24) is 4.90 Å². The zero-order chi connectivity index (χ0) is 19.4. The van der Waals surface area contributed by atoms with Crippen molar-refractivity contribution < 1.29 is 14.0 Å². The van der Waals surface area contributed by atoms with Crippen molar-refractivity contribution in [1.29, 1.82) is 0 Å². The summed E-state index contributed by atoms with van der Waals surface area (Å²) in [7, 11) is 0. The number of rotatable bonds is 7. The lowest BCUT2D eigenvalue weighted by atomic mass is 10.1. The minimum atomic E-state index is -0.564. The number of carbonyl (C=O) groups excluding carboxylic acids is 2. The maximum atomic E-state index is 14.0. The van der Waals surface area contributed by atoms with Crippen LogP contribution < -0.4 is 5.32 Å². The van der Waals surface area contributed by atoms with E-state index >= 15 is 0 Å². The third-order valence-corrected chi connectivity index (χ3v) is 5.96. The van der Waals surface area contributed by atoms with Gasteiger partial charge in [-0.25, -0.2) is 4.39 Å². The van der Waals surface area contributed by atoms with Crippen molar-refractivity contribution in [2.24, 2.45) is 0 Å². The molecule has 0 saturated carbocycles. The molecule has 0 bridgehead atoms. The second kappa shape index (κ2) is 8.65. The van der Waals surface area contributed by atoms with Gasteiger partial charge < -0.3 is 10.2 Å². The van der Waals surface area contributed by atoms with Crippen LogP contribution >= 0.6 is 11.3 Å². The lowest BCUT2D eigenvalue weighted by Crippen LogP contribution is -2.33. The Hall–Kier alpha value is -2.21. The van der Waals surface area contributed by atoms with E-state index in [9.17, 15) is 14.0 Å². The van der Waals surface area contributed by atoms with E-state index in [0.29, 0.717) is 23.7 Å². The van der Waals surface area contributed by atoms with E-state index < -0.39 is 11.7 Å². The van der Waals surface area contributed by atoms with Crippen LogP contribution in [0.25, 0.3) is 0 Å². The van der Waals surface area contributed by atoms with Crippen LogP contribution in [0.3, 0.4) is 0 Å². The number of halogens is 1. The molecule has 3 rings (SSSR count). The van der Waals surface area contributed by atoms with Gasteiger partial charge >= 0.3 is 0 Å². The van der Waals surface area contributed by atoms with E-state index in [0.717, 1.165) is 42.5 Å². The molecule has 0 atom stereocenters. The van der Waals surface area contributed by atoms with Crippen LogP contribution in [-0.2, 0) is 12.8 Å². The largest absolute Gasteiger partial charge is 0.339 e. The number of carbonyl (C=O) groups is 2. The molecule has 1 N–H and O–H groups in total. The van der Waals surface area contributed by atoms with Crippen molar-refractivity contribution in [2.75, 3.05) is 18.4 Å². The third kappa shape index (κ3) is 4.05. The SMILES string of the molecule is CCCN(CCC)C(=O)c1c(NC(=O)c2ccccc2F)sc2c1CCC2. The van der Waals surface area contributed by atoms with E-state index in [-0.39, 0.29) is 11.5 Å². The molecule has 0 saturated heterocycles. The fourth-order valence-corrected chi connectivity index (χ4v) is 4.82. The van der Waals surface area contributed by atoms with E-state index in [1.807, 2.05) is 4.90 Å². The molecule has 1 aliphatic carbocycles. The molecule has 144 valence electrons. The Morgan fingerprint density at radius 2 is 1.85 bits per heavy atom. The molecule has 2 amide bonds. The molecule has 1 heterocycles. The van der Waals surface area contributed by atoms with Crippen molar-refractivity contribution in [3.63, 3.8) is 0 Å². The van der Waals surface area contributed by atoms with Crippen molar-refractivity contribution in [3.05, 3.63) is 51.7 Å². The van der Waals surface area contributed by atoms with Gasteiger partial charge in [-0.2, -0.15) is 0 Å². The Morgan fingerprint density at radius 1 is 1.15 bits per heavy atom. The second-order valence-corrected chi connectivity index (χ2v) is 7.89. The highest BCUT2D eigenvalue weighted by Crippen LogP contribution is 2.40. The molecule has 1 aliphatic rings. The summed E-state index contributed by atoms with van der Waals surface area (Å²) in [5.74, 6) is -1.10. The maximum Gasteiger partial charge on any atom is 0.259 e. The summed E-state index contributed by atoms with van der Waals surface area (Å²) >= 11 is 1.46. The standard InChI is InChI=1S/C21H25FN2O2S/c1-3-12-24(13-4-2)21(26)18-15-9-7-11-17(15)27-20(18)23-19(25)14-8-5-6-10-16(14)22/h5-6,8,10H,3-4,7,9,11-13H2,1-2H3,(H,23,25). The van der Waals surface area contributed by atoms with E-state index in [1.165, 1.54) is 23.5 Å². The van der Waals surface area contributed by atoms with Crippen molar-refractivity contribution >= 4 is 28.2 Å². The van der Waals surface area contributed by atoms with E-state index in [2.05, 4.69) is 19.2 Å². The molecule has 0 aliphatic heterocycles. The van der Waals surface area contributed by atoms with Crippen LogP contribution in [0, 0.1) is 5.82 Å². The quantitative estimate of drug-likeness (QED) is 0.734. The summed E-state index contributed by atoms with van der Waals surface area (Å²) in [4.78, 5) is 28.9. The van der Waals surface area contributed by atoms with Gasteiger partial charge in [-0.15, -0.1) is 11.3 Å². The smallest absolute Gasteiger partial charge is 0.259 e. The van der Waals surface area contributed by atoms with Gasteiger partial charge in [0.1, 0.15) is 10.8 Å². The summed E-state index contributed by atoms with van der Waals surface area (Å²) in [5.41, 5.74) is 1.66. The molecule has 4 nitrogen and oxygen atoms in total. The van der Waals surface area contributed by atoms with Crippen LogP contribution in [-0.4, -0.2) is 29.8 Å². The number of nitrogens with zero attached hydrogens (tertiary/aromatic N) is 1. The maximum absolute atomic E-state index is 14.0. The molecule has 0 unspecified atom stereocenters. The average Bonchev–Trinajstić information content (AvgIpc) is 3.22. The predicted octanol–water partition coefficient (Wildman–Crippen LogP) is 4.89. The number of amides is 2. The van der Waals surface area contributed by atoms with Crippen LogP contribution in [0.1, 0.15) is 64.3 Å². The highest BCUT2D eigenvalue weighted by atomic mass is 32.1. The molecule has 0 radical (unpaired) electrons. The van der Waals surface area contributed by atoms with Gasteiger partial charge in [0.25, 0.3) is 11.8 Å². The fourth-order valence-electron chi connectivity index (χ4n) is 3.55. The number of thiophene rings is 1. The summed E-state index contributed by atoms with van der Waals surface area (Å²) in [6.45, 7) is 5.49. The van der Waals surface area contributed by atoms with E-state index in [4.69, 9.17) is 0 Å². The highest BCUT2D eigenvalue weighted by molar-refractivity contribution is 7.17. The number of nitrogens with one attached hydrogen (secondary N) is 1. The van der Waals surface area contributed by atoms with Gasteiger partial charge in [0.2, 0.25) is 0 Å². The van der Waals surface area contributed by atoms with Gasteiger partial charge in [0.05, 0.1) is 11.1 Å².